The zero-order chi connectivity index (χ0) is 30.1. The molecule has 6 rings (SSSR count). The minimum Gasteiger partial charge on any atom is -0.487 e. The van der Waals surface area contributed by atoms with Gasteiger partial charge in [-0.1, -0.05) is 35.9 Å². The number of carbonyl (C=O) groups is 2. The minimum absolute atomic E-state index is 0.0167. The summed E-state index contributed by atoms with van der Waals surface area (Å²) in [5.41, 5.74) is 1.15. The Kier molecular flexibility index (Phi) is 8.72. The highest BCUT2D eigenvalue weighted by molar-refractivity contribution is 6.30. The second-order valence-electron chi connectivity index (χ2n) is 12.5. The normalized spacial score (nSPS) is 30.2. The van der Waals surface area contributed by atoms with Crippen LogP contribution in [0.15, 0.2) is 48.6 Å². The van der Waals surface area contributed by atoms with Gasteiger partial charge in [-0.05, 0) is 97.7 Å². The number of hydrogen-bond donors (Lipinski definition) is 2. The topological polar surface area (TPSA) is 99.5 Å². The molecule has 230 valence electrons. The number of halogens is 1. The van der Waals surface area contributed by atoms with Crippen LogP contribution >= 0.6 is 11.6 Å². The minimum atomic E-state index is -2.15. The molecule has 5 atom stereocenters. The molecule has 43 heavy (non-hydrogen) atoms. The van der Waals surface area contributed by atoms with E-state index in [1.54, 1.807) is 23.1 Å². The van der Waals surface area contributed by atoms with Crippen molar-refractivity contribution in [3.63, 3.8) is 0 Å². The number of benzene rings is 2. The first-order valence-corrected chi connectivity index (χ1v) is 15.9. The van der Waals surface area contributed by atoms with Crippen molar-refractivity contribution in [3.8, 4) is 5.75 Å². The van der Waals surface area contributed by atoms with E-state index >= 15 is 0 Å². The molecule has 0 radical (unpaired) electrons. The van der Waals surface area contributed by atoms with Crippen LogP contribution < -0.4 is 9.64 Å². The number of amides is 1. The molecule has 9 heteroatoms. The highest BCUT2D eigenvalue weighted by Crippen LogP contribution is 2.42. The molecule has 0 unspecified atom stereocenters. The summed E-state index contributed by atoms with van der Waals surface area (Å²) in [6.07, 6.45) is 9.11. The molecule has 4 aliphatic rings. The number of carbonyl (C=O) groups excluding carboxylic acids is 2. The average Bonchev–Trinajstić information content (AvgIpc) is 2.98. The van der Waals surface area contributed by atoms with Crippen molar-refractivity contribution < 1.29 is 29.3 Å². The van der Waals surface area contributed by atoms with Gasteiger partial charge in [0.1, 0.15) is 12.4 Å². The second kappa shape index (κ2) is 12.5. The Labute approximate surface area is 258 Å². The molecule has 0 spiro atoms. The molecule has 2 bridgehead atoms. The highest BCUT2D eigenvalue weighted by Gasteiger charge is 2.45. The molecular weight excluding hydrogens is 568 g/mol. The van der Waals surface area contributed by atoms with E-state index in [0.717, 1.165) is 56.3 Å². The lowest BCUT2D eigenvalue weighted by atomic mass is 9.70. The number of esters is 1. The molecule has 1 saturated heterocycles. The number of fused-ring (bicyclic) bond motifs is 4. The van der Waals surface area contributed by atoms with Crippen molar-refractivity contribution >= 4 is 29.2 Å². The van der Waals surface area contributed by atoms with Crippen molar-refractivity contribution in [2.45, 2.75) is 75.7 Å². The van der Waals surface area contributed by atoms with Gasteiger partial charge in [0.15, 0.2) is 5.60 Å². The first-order valence-electron chi connectivity index (χ1n) is 15.5. The maximum Gasteiger partial charge on any atom is 0.343 e. The van der Waals surface area contributed by atoms with E-state index in [-0.39, 0.29) is 23.8 Å². The number of methoxy groups -OCH3 is 1. The third-order valence-corrected chi connectivity index (χ3v) is 10.2. The summed E-state index contributed by atoms with van der Waals surface area (Å²) in [6.45, 7) is 2.36. The molecule has 1 saturated carbocycles. The Balaban J connectivity index is 1.43. The van der Waals surface area contributed by atoms with Crippen LogP contribution in [0.3, 0.4) is 0 Å². The molecule has 8 nitrogen and oxygen atoms in total. The molecular formula is C34H41ClN2O6. The summed E-state index contributed by atoms with van der Waals surface area (Å²) in [5.74, 6) is -0.107. The van der Waals surface area contributed by atoms with Crippen LogP contribution in [0.1, 0.15) is 61.6 Å². The van der Waals surface area contributed by atoms with E-state index in [2.05, 4.69) is 4.90 Å². The predicted molar refractivity (Wildman–Crippen MR) is 164 cm³/mol. The molecule has 2 aromatic carbocycles. The Hall–Kier alpha value is -3.07. The van der Waals surface area contributed by atoms with Crippen LogP contribution in [-0.2, 0) is 33.0 Å². The van der Waals surface area contributed by atoms with Crippen molar-refractivity contribution in [3.05, 3.63) is 70.3 Å². The van der Waals surface area contributed by atoms with Crippen molar-refractivity contribution in [2.75, 3.05) is 31.6 Å². The average molecular weight is 609 g/mol. The Bertz CT molecular complexity index is 1400. The zero-order valence-corrected chi connectivity index (χ0v) is 25.5. The van der Waals surface area contributed by atoms with Crippen molar-refractivity contribution in [1.82, 2.24) is 4.90 Å². The summed E-state index contributed by atoms with van der Waals surface area (Å²) < 4.78 is 11.5. The third-order valence-electron chi connectivity index (χ3n) is 9.96. The van der Waals surface area contributed by atoms with E-state index in [0.29, 0.717) is 42.5 Å². The molecule has 2 N–H and O–H groups in total. The van der Waals surface area contributed by atoms with E-state index in [1.807, 2.05) is 30.4 Å². The number of aryl methyl sites for hydroxylation is 1. The maximum absolute atomic E-state index is 13.5. The standard InChI is InChI=1S/C34H41ClN2O6/c1-42-33(40)34(41)19-32(39)37-16-14-27(37)6-4-7-30(38)28-12-9-23(28)20-36-15-3-2-5-22-17-26(35)11-8-24(22)21-43-31-13-10-25(34)18-29(31)36/h4,7-8,10-11,13,17-18,23,27-28,30,38,41H,2-3,5-6,9,12,14-16,19-21H2,1H3/b7-4+/t23-,27-,28+,30-,34-/m0/s1. The van der Waals surface area contributed by atoms with Gasteiger partial charge in [0.2, 0.25) is 5.91 Å². The van der Waals surface area contributed by atoms with Gasteiger partial charge in [-0.25, -0.2) is 4.79 Å². The van der Waals surface area contributed by atoms with Gasteiger partial charge in [0.25, 0.3) is 0 Å². The SMILES string of the molecule is COC(=O)[C@]1(O)CC(=O)N2CC[C@@H]2C/C=C/[C@H](O)[C@@H]2CC[C@H]2CN2CCCCc3cc(Cl)ccc3COc3ccc1cc32. The second-order valence-corrected chi connectivity index (χ2v) is 12.9. The summed E-state index contributed by atoms with van der Waals surface area (Å²) in [7, 11) is 1.23. The lowest BCUT2D eigenvalue weighted by Crippen LogP contribution is -2.53. The quantitative estimate of drug-likeness (QED) is 0.356. The number of rotatable bonds is 1. The van der Waals surface area contributed by atoms with Crippen LogP contribution in [-0.4, -0.2) is 65.9 Å². The van der Waals surface area contributed by atoms with E-state index < -0.39 is 24.1 Å². The van der Waals surface area contributed by atoms with E-state index in [9.17, 15) is 19.8 Å². The molecule has 3 aliphatic heterocycles. The van der Waals surface area contributed by atoms with Gasteiger partial charge < -0.3 is 29.5 Å². The number of ether oxygens (including phenoxy) is 2. The first-order chi connectivity index (χ1) is 20.8. The van der Waals surface area contributed by atoms with Crippen LogP contribution in [0.5, 0.6) is 5.75 Å². The fraction of sp³-hybridized carbons (Fsp3) is 0.529. The lowest BCUT2D eigenvalue weighted by Gasteiger charge is -2.44. The molecule has 0 aromatic heterocycles. The highest BCUT2D eigenvalue weighted by atomic mass is 35.5. The fourth-order valence-electron chi connectivity index (χ4n) is 7.06. The number of aliphatic hydroxyl groups excluding tert-OH is 1. The Morgan fingerprint density at radius 3 is 2.70 bits per heavy atom. The van der Waals surface area contributed by atoms with Gasteiger partial charge in [-0.2, -0.15) is 0 Å². The predicted octanol–water partition coefficient (Wildman–Crippen LogP) is 4.76. The van der Waals surface area contributed by atoms with E-state index in [1.165, 1.54) is 12.7 Å². The Morgan fingerprint density at radius 2 is 1.95 bits per heavy atom. The molecule has 1 aliphatic carbocycles. The van der Waals surface area contributed by atoms with Gasteiger partial charge in [-0.15, -0.1) is 0 Å². The molecule has 2 fully saturated rings. The van der Waals surface area contributed by atoms with Gasteiger partial charge in [0.05, 0.1) is 25.3 Å². The number of hydrogen-bond acceptors (Lipinski definition) is 7. The van der Waals surface area contributed by atoms with Gasteiger partial charge >= 0.3 is 5.97 Å². The maximum atomic E-state index is 13.5. The number of aliphatic hydroxyl groups is 2. The zero-order valence-electron chi connectivity index (χ0n) is 24.7. The monoisotopic (exact) mass is 608 g/mol. The van der Waals surface area contributed by atoms with Gasteiger partial charge in [0, 0.05) is 30.7 Å². The molecule has 2 aromatic rings. The van der Waals surface area contributed by atoms with Gasteiger partial charge in [-0.3, -0.25) is 4.79 Å². The lowest BCUT2D eigenvalue weighted by molar-refractivity contribution is -0.169. The largest absolute Gasteiger partial charge is 0.487 e. The summed E-state index contributed by atoms with van der Waals surface area (Å²) in [5, 5.41) is 23.7. The van der Waals surface area contributed by atoms with Crippen LogP contribution in [0.25, 0.3) is 0 Å². The summed E-state index contributed by atoms with van der Waals surface area (Å²) in [6, 6.07) is 11.1. The smallest absolute Gasteiger partial charge is 0.343 e. The van der Waals surface area contributed by atoms with Crippen LogP contribution in [0, 0.1) is 11.8 Å². The van der Waals surface area contributed by atoms with Crippen LogP contribution in [0.4, 0.5) is 5.69 Å². The summed E-state index contributed by atoms with van der Waals surface area (Å²) >= 11 is 6.33. The van der Waals surface area contributed by atoms with Crippen LogP contribution in [0.2, 0.25) is 5.02 Å². The third kappa shape index (κ3) is 6.02. The number of nitrogens with zero attached hydrogens (tertiary/aromatic N) is 2. The van der Waals surface area contributed by atoms with E-state index in [4.69, 9.17) is 21.1 Å². The summed E-state index contributed by atoms with van der Waals surface area (Å²) in [4.78, 5) is 30.6. The fourth-order valence-corrected chi connectivity index (χ4v) is 7.26. The Morgan fingerprint density at radius 1 is 1.09 bits per heavy atom. The first kappa shape index (κ1) is 30.0. The molecule has 3 heterocycles. The van der Waals surface area contributed by atoms with Crippen molar-refractivity contribution in [1.29, 1.82) is 0 Å². The van der Waals surface area contributed by atoms with Crippen molar-refractivity contribution in [2.24, 2.45) is 11.8 Å². The molecule has 1 amide bonds. The number of anilines is 1.